The number of hydrogen-bond acceptors (Lipinski definition) is 4. The molecule has 3 nitrogen and oxygen atoms in total. The van der Waals surface area contributed by atoms with Crippen LogP contribution in [0.25, 0.3) is 65.7 Å². The Bertz CT molecular complexity index is 2280. The summed E-state index contributed by atoms with van der Waals surface area (Å²) >= 11 is 1.74. The number of thiophene rings is 1. The van der Waals surface area contributed by atoms with Crippen molar-refractivity contribution in [3.63, 3.8) is 0 Å². The van der Waals surface area contributed by atoms with Crippen molar-refractivity contribution >= 4 is 43.4 Å². The van der Waals surface area contributed by atoms with Gasteiger partial charge in [-0.05, 0) is 82.9 Å². The van der Waals surface area contributed by atoms with Gasteiger partial charge in [0.15, 0.2) is 0 Å². The fraction of sp³-hybridized carbons (Fsp3) is 0.163. The van der Waals surface area contributed by atoms with Crippen molar-refractivity contribution in [3.8, 4) is 33.6 Å². The van der Waals surface area contributed by atoms with Gasteiger partial charge in [-0.1, -0.05) is 74.2 Å². The van der Waals surface area contributed by atoms with Crippen molar-refractivity contribution < 1.29 is 24.5 Å². The molecule has 0 atom stereocenters. The maximum Gasteiger partial charge on any atom is 0.129 e. The molecule has 5 heteroatoms. The van der Waals surface area contributed by atoms with Crippen LogP contribution in [0.15, 0.2) is 119 Å². The zero-order valence-electron chi connectivity index (χ0n) is 27.7. The number of nitrogens with zero attached hydrogens (tertiary/aromatic N) is 2. The van der Waals surface area contributed by atoms with Crippen LogP contribution >= 0.6 is 11.3 Å². The third-order valence-electron chi connectivity index (χ3n) is 8.40. The van der Waals surface area contributed by atoms with Crippen molar-refractivity contribution in [3.05, 3.63) is 144 Å². The smallest absolute Gasteiger partial charge is 0.129 e. The second-order valence-corrected chi connectivity index (χ2v) is 14.1. The number of hydrogen-bond donors (Lipinski definition) is 0. The van der Waals surface area contributed by atoms with E-state index in [1.165, 1.54) is 37.9 Å². The van der Waals surface area contributed by atoms with E-state index in [0.717, 1.165) is 50.9 Å². The SMILES string of the molecule is Cc1cccc(C)c1-c1cnc(-c2[c-]ccc3c2oc2c4ccsc4ccc32)cc1CC(C)(C)C.[Ir].[c-]1ccccc1-c1ccccn1. The Morgan fingerprint density at radius 3 is 2.25 bits per heavy atom. The fourth-order valence-corrected chi connectivity index (χ4v) is 7.11. The van der Waals surface area contributed by atoms with Gasteiger partial charge in [0.05, 0.1) is 5.58 Å². The van der Waals surface area contributed by atoms with Crippen LogP contribution in [0.3, 0.4) is 0 Å². The van der Waals surface area contributed by atoms with Crippen LogP contribution < -0.4 is 0 Å². The third kappa shape index (κ3) is 6.77. The molecular formula is C43H36IrN2OS-2. The Kier molecular flexibility index (Phi) is 9.75. The largest absolute Gasteiger partial charge is 0.500 e. The van der Waals surface area contributed by atoms with Crippen LogP contribution in [-0.4, -0.2) is 9.97 Å². The van der Waals surface area contributed by atoms with E-state index >= 15 is 0 Å². The molecule has 0 aliphatic heterocycles. The summed E-state index contributed by atoms with van der Waals surface area (Å²) in [5, 5.41) is 5.54. The summed E-state index contributed by atoms with van der Waals surface area (Å²) in [4.78, 5) is 9.20. The number of aromatic nitrogens is 2. The van der Waals surface area contributed by atoms with E-state index in [0.29, 0.717) is 0 Å². The zero-order chi connectivity index (χ0) is 32.5. The second-order valence-electron chi connectivity index (χ2n) is 13.2. The summed E-state index contributed by atoms with van der Waals surface area (Å²) in [6.07, 6.45) is 4.80. The molecule has 0 spiro atoms. The molecule has 8 rings (SSSR count). The Balaban J connectivity index is 0.000000260. The van der Waals surface area contributed by atoms with Crippen molar-refractivity contribution in [2.75, 3.05) is 0 Å². The van der Waals surface area contributed by atoms with Crippen LogP contribution in [0.5, 0.6) is 0 Å². The molecule has 241 valence electrons. The Labute approximate surface area is 300 Å². The van der Waals surface area contributed by atoms with E-state index in [1.807, 2.05) is 48.5 Å². The maximum absolute atomic E-state index is 6.54. The molecule has 1 radical (unpaired) electrons. The number of furan rings is 1. The van der Waals surface area contributed by atoms with Crippen LogP contribution in [0.1, 0.15) is 37.5 Å². The van der Waals surface area contributed by atoms with E-state index in [9.17, 15) is 0 Å². The molecule has 0 aliphatic carbocycles. The molecular weight excluding hydrogens is 785 g/mol. The number of rotatable bonds is 4. The van der Waals surface area contributed by atoms with Gasteiger partial charge in [-0.25, -0.2) is 0 Å². The van der Waals surface area contributed by atoms with Crippen LogP contribution in [0, 0.1) is 31.4 Å². The fourth-order valence-electron chi connectivity index (χ4n) is 6.32. The average molecular weight is 821 g/mol. The summed E-state index contributed by atoms with van der Waals surface area (Å²) in [6, 6.07) is 39.6. The van der Waals surface area contributed by atoms with E-state index in [2.05, 4.69) is 112 Å². The zero-order valence-corrected chi connectivity index (χ0v) is 30.9. The first kappa shape index (κ1) is 33.5. The first-order valence-corrected chi connectivity index (χ1v) is 16.8. The molecule has 0 fully saturated rings. The molecule has 0 aliphatic rings. The summed E-state index contributed by atoms with van der Waals surface area (Å²) in [5.41, 5.74) is 12.2. The van der Waals surface area contributed by atoms with Crippen LogP contribution in [-0.2, 0) is 26.5 Å². The van der Waals surface area contributed by atoms with E-state index in [1.54, 1.807) is 17.5 Å². The molecule has 0 saturated heterocycles. The minimum absolute atomic E-state index is 0. The van der Waals surface area contributed by atoms with Gasteiger partial charge < -0.3 is 14.4 Å². The van der Waals surface area contributed by atoms with Gasteiger partial charge in [-0.3, -0.25) is 0 Å². The summed E-state index contributed by atoms with van der Waals surface area (Å²) in [6.45, 7) is 11.2. The number of fused-ring (bicyclic) bond motifs is 5. The molecule has 0 unspecified atom stereocenters. The second kappa shape index (κ2) is 14.0. The molecule has 0 bridgehead atoms. The Morgan fingerprint density at radius 1 is 0.729 bits per heavy atom. The van der Waals surface area contributed by atoms with Gasteiger partial charge in [0.1, 0.15) is 5.58 Å². The van der Waals surface area contributed by atoms with Crippen molar-refractivity contribution in [2.24, 2.45) is 5.41 Å². The van der Waals surface area contributed by atoms with Crippen LogP contribution in [0.4, 0.5) is 0 Å². The molecule has 4 aromatic carbocycles. The summed E-state index contributed by atoms with van der Waals surface area (Å²) in [5.74, 6) is 0. The van der Waals surface area contributed by atoms with Crippen LogP contribution in [0.2, 0.25) is 0 Å². The predicted molar refractivity (Wildman–Crippen MR) is 198 cm³/mol. The van der Waals surface area contributed by atoms with Gasteiger partial charge >= 0.3 is 0 Å². The molecule has 48 heavy (non-hydrogen) atoms. The maximum atomic E-state index is 6.54. The molecule has 0 N–H and O–H groups in total. The van der Waals surface area contributed by atoms with Gasteiger partial charge in [0, 0.05) is 53.5 Å². The van der Waals surface area contributed by atoms with Gasteiger partial charge in [-0.15, -0.1) is 65.4 Å². The van der Waals surface area contributed by atoms with Gasteiger partial charge in [0.25, 0.3) is 0 Å². The molecule has 4 aromatic heterocycles. The van der Waals surface area contributed by atoms with Gasteiger partial charge in [-0.2, -0.15) is 0 Å². The van der Waals surface area contributed by atoms with Gasteiger partial charge in [0.2, 0.25) is 0 Å². The van der Waals surface area contributed by atoms with E-state index in [4.69, 9.17) is 9.40 Å². The van der Waals surface area contributed by atoms with Crippen molar-refractivity contribution in [1.82, 2.24) is 9.97 Å². The summed E-state index contributed by atoms with van der Waals surface area (Å²) < 4.78 is 7.78. The van der Waals surface area contributed by atoms with E-state index in [-0.39, 0.29) is 25.5 Å². The van der Waals surface area contributed by atoms with E-state index < -0.39 is 0 Å². The molecule has 0 amide bonds. The Morgan fingerprint density at radius 2 is 1.52 bits per heavy atom. The number of benzene rings is 4. The first-order valence-electron chi connectivity index (χ1n) is 15.9. The van der Waals surface area contributed by atoms with Crippen molar-refractivity contribution in [2.45, 2.75) is 41.0 Å². The first-order chi connectivity index (χ1) is 22.8. The Hall–Kier alpha value is -4.41. The normalized spacial score (nSPS) is 11.4. The number of aryl methyl sites for hydroxylation is 2. The molecule has 0 saturated carbocycles. The molecule has 8 aromatic rings. The molecule has 4 heterocycles. The minimum Gasteiger partial charge on any atom is -0.500 e. The monoisotopic (exact) mass is 821 g/mol. The quantitative estimate of drug-likeness (QED) is 0.166. The minimum atomic E-state index is 0. The summed E-state index contributed by atoms with van der Waals surface area (Å²) in [7, 11) is 0. The predicted octanol–water partition coefficient (Wildman–Crippen LogP) is 12.1. The topological polar surface area (TPSA) is 38.9 Å². The van der Waals surface area contributed by atoms with Crippen molar-refractivity contribution in [1.29, 1.82) is 0 Å². The third-order valence-corrected chi connectivity index (χ3v) is 9.28. The average Bonchev–Trinajstić information content (AvgIpc) is 3.71. The number of pyridine rings is 2. The standard InChI is InChI=1S/C32H28NOS.C11H8N.Ir/c1-19-8-6-9-20(2)29(19)26-18-33-27(16-21(26)17-32(3,4)5)24-11-7-10-22-23-12-13-28-25(14-15-35-28)31(23)34-30(22)24;1-2-6-10(7-3-1)11-8-4-5-9-12-11;/h6-10,12-16,18H,17H2,1-5H3;1-6,8-9H;/q2*-1;.